The molecule has 0 aliphatic carbocycles. The quantitative estimate of drug-likeness (QED) is 0.751. The second-order valence-electron chi connectivity index (χ2n) is 8.03. The van der Waals surface area contributed by atoms with Gasteiger partial charge < -0.3 is 9.80 Å². The van der Waals surface area contributed by atoms with Gasteiger partial charge in [-0.05, 0) is 56.6 Å². The smallest absolute Gasteiger partial charge is 0.0552 e. The molecule has 0 N–H and O–H groups in total. The molecule has 2 aromatic carbocycles. The van der Waals surface area contributed by atoms with Crippen LogP contribution in [0.25, 0.3) is 0 Å². The molecule has 0 spiro atoms. The molecule has 0 radical (unpaired) electrons. The van der Waals surface area contributed by atoms with E-state index in [1.165, 1.54) is 79.6 Å². The zero-order chi connectivity index (χ0) is 18.1. The van der Waals surface area contributed by atoms with Gasteiger partial charge in [0.1, 0.15) is 0 Å². The molecule has 0 saturated carbocycles. The van der Waals surface area contributed by atoms with Gasteiger partial charge in [0, 0.05) is 42.0 Å². The lowest BCUT2D eigenvalue weighted by atomic mass is 9.99. The van der Waals surface area contributed by atoms with Crippen molar-refractivity contribution >= 4 is 23.1 Å². The van der Waals surface area contributed by atoms with Crippen LogP contribution >= 0.6 is 11.8 Å². The maximum atomic E-state index is 2.73. The highest BCUT2D eigenvalue weighted by atomic mass is 32.2. The fourth-order valence-corrected chi connectivity index (χ4v) is 5.99. The monoisotopic (exact) mass is 379 g/mol. The van der Waals surface area contributed by atoms with E-state index in [4.69, 9.17) is 0 Å². The zero-order valence-electron chi connectivity index (χ0n) is 16.0. The zero-order valence-corrected chi connectivity index (χ0v) is 16.8. The van der Waals surface area contributed by atoms with Crippen LogP contribution in [0, 0.1) is 0 Å². The lowest BCUT2D eigenvalue weighted by molar-refractivity contribution is 0.0492. The molecular formula is C23H29N3S. The number of fused-ring (bicyclic) bond motifs is 3. The summed E-state index contributed by atoms with van der Waals surface area (Å²) >= 11 is 1.90. The topological polar surface area (TPSA) is 9.72 Å². The van der Waals surface area contributed by atoms with E-state index in [9.17, 15) is 0 Å². The van der Waals surface area contributed by atoms with Crippen LogP contribution in [0.15, 0.2) is 58.3 Å². The van der Waals surface area contributed by atoms with Gasteiger partial charge in [0.15, 0.2) is 0 Å². The van der Waals surface area contributed by atoms with Gasteiger partial charge in [-0.2, -0.15) is 0 Å². The second-order valence-corrected chi connectivity index (χ2v) is 9.11. The van der Waals surface area contributed by atoms with Crippen LogP contribution in [-0.4, -0.2) is 55.1 Å². The number of benzene rings is 2. The van der Waals surface area contributed by atoms with Crippen LogP contribution in [0.1, 0.15) is 25.7 Å². The predicted molar refractivity (Wildman–Crippen MR) is 114 cm³/mol. The molecule has 4 heteroatoms. The third-order valence-corrected chi connectivity index (χ3v) is 7.44. The van der Waals surface area contributed by atoms with Crippen LogP contribution in [0.3, 0.4) is 0 Å². The summed E-state index contributed by atoms with van der Waals surface area (Å²) in [6, 6.07) is 18.5. The number of nitrogens with zero attached hydrogens (tertiary/aromatic N) is 3. The summed E-state index contributed by atoms with van der Waals surface area (Å²) in [5, 5.41) is 0. The standard InChI is InChI=1S/C23H29N3S/c1-3-11-22-20(9-1)26(21-10-2-4-12-23(21)27-22)15-7-13-24-16-17-25-14-6-5-8-19(25)18-24/h1-4,9-12,19H,5-8,13-18H2. The Bertz CT molecular complexity index is 747. The summed E-state index contributed by atoms with van der Waals surface area (Å²) < 4.78 is 0. The second kappa shape index (κ2) is 7.86. The molecule has 2 fully saturated rings. The lowest BCUT2D eigenvalue weighted by Gasteiger charge is -2.44. The van der Waals surface area contributed by atoms with Gasteiger partial charge in [0.2, 0.25) is 0 Å². The van der Waals surface area contributed by atoms with Gasteiger partial charge in [-0.3, -0.25) is 4.90 Å². The first-order chi connectivity index (χ1) is 13.4. The van der Waals surface area contributed by atoms with E-state index in [0.717, 1.165) is 12.6 Å². The molecule has 3 heterocycles. The summed E-state index contributed by atoms with van der Waals surface area (Å²) in [6.45, 7) is 7.45. The van der Waals surface area contributed by atoms with Crippen LogP contribution in [0.4, 0.5) is 11.4 Å². The summed E-state index contributed by atoms with van der Waals surface area (Å²) in [4.78, 5) is 10.7. The molecule has 1 atom stereocenters. The highest BCUT2D eigenvalue weighted by molar-refractivity contribution is 7.99. The van der Waals surface area contributed by atoms with Gasteiger partial charge in [-0.1, -0.05) is 42.4 Å². The number of hydrogen-bond acceptors (Lipinski definition) is 4. The van der Waals surface area contributed by atoms with E-state index in [1.807, 2.05) is 11.8 Å². The molecule has 0 bridgehead atoms. The average Bonchev–Trinajstić information content (AvgIpc) is 2.73. The van der Waals surface area contributed by atoms with E-state index in [2.05, 4.69) is 63.2 Å². The first-order valence-electron chi connectivity index (χ1n) is 10.5. The Morgan fingerprint density at radius 1 is 0.815 bits per heavy atom. The van der Waals surface area contributed by atoms with Crippen LogP contribution < -0.4 is 4.90 Å². The summed E-state index contributed by atoms with van der Waals surface area (Å²) in [6.07, 6.45) is 5.46. The van der Waals surface area contributed by atoms with Gasteiger partial charge >= 0.3 is 0 Å². The van der Waals surface area contributed by atoms with E-state index in [-0.39, 0.29) is 0 Å². The Morgan fingerprint density at radius 3 is 2.33 bits per heavy atom. The van der Waals surface area contributed by atoms with Gasteiger partial charge in [-0.25, -0.2) is 0 Å². The maximum absolute atomic E-state index is 2.73. The van der Waals surface area contributed by atoms with Crippen molar-refractivity contribution in [1.29, 1.82) is 0 Å². The Morgan fingerprint density at radius 2 is 1.56 bits per heavy atom. The molecule has 5 rings (SSSR count). The van der Waals surface area contributed by atoms with Crippen molar-refractivity contribution in [1.82, 2.24) is 9.80 Å². The lowest BCUT2D eigenvalue weighted by Crippen LogP contribution is -2.54. The minimum atomic E-state index is 0.820. The predicted octanol–water partition coefficient (Wildman–Crippen LogP) is 4.85. The third kappa shape index (κ3) is 3.63. The third-order valence-electron chi connectivity index (χ3n) is 6.31. The molecule has 3 nitrogen and oxygen atoms in total. The van der Waals surface area contributed by atoms with Gasteiger partial charge in [0.05, 0.1) is 11.4 Å². The van der Waals surface area contributed by atoms with Crippen molar-refractivity contribution in [2.75, 3.05) is 44.2 Å². The molecule has 3 aliphatic rings. The highest BCUT2D eigenvalue weighted by Crippen LogP contribution is 2.47. The number of para-hydroxylation sites is 2. The molecule has 0 amide bonds. The van der Waals surface area contributed by atoms with Gasteiger partial charge in [0.25, 0.3) is 0 Å². The summed E-state index contributed by atoms with van der Waals surface area (Å²) in [5.41, 5.74) is 2.75. The van der Waals surface area contributed by atoms with Crippen molar-refractivity contribution in [3.8, 4) is 0 Å². The maximum Gasteiger partial charge on any atom is 0.0552 e. The van der Waals surface area contributed by atoms with Crippen molar-refractivity contribution in [2.24, 2.45) is 0 Å². The average molecular weight is 380 g/mol. The van der Waals surface area contributed by atoms with Crippen LogP contribution in [0.5, 0.6) is 0 Å². The molecule has 1 unspecified atom stereocenters. The number of anilines is 2. The van der Waals surface area contributed by atoms with E-state index in [1.54, 1.807) is 0 Å². The molecule has 2 saturated heterocycles. The van der Waals surface area contributed by atoms with Crippen molar-refractivity contribution in [3.63, 3.8) is 0 Å². The molecule has 27 heavy (non-hydrogen) atoms. The minimum absolute atomic E-state index is 0.820. The highest BCUT2D eigenvalue weighted by Gasteiger charge is 2.29. The minimum Gasteiger partial charge on any atom is -0.340 e. The Hall–Kier alpha value is -1.49. The normalized spacial score (nSPS) is 22.8. The first-order valence-corrected chi connectivity index (χ1v) is 11.3. The SMILES string of the molecule is c1ccc2c(c1)Sc1ccccc1N2CCCN1CCN2CCCCC2C1. The summed E-state index contributed by atoms with van der Waals surface area (Å²) in [7, 11) is 0. The Balaban J connectivity index is 1.25. The Labute approximate surface area is 167 Å². The first kappa shape index (κ1) is 17.6. The van der Waals surface area contributed by atoms with Crippen LogP contribution in [-0.2, 0) is 0 Å². The largest absolute Gasteiger partial charge is 0.340 e. The summed E-state index contributed by atoms with van der Waals surface area (Å²) in [5.74, 6) is 0. The van der Waals surface area contributed by atoms with E-state index in [0.29, 0.717) is 0 Å². The number of hydrogen-bond donors (Lipinski definition) is 0. The molecule has 3 aliphatic heterocycles. The fourth-order valence-electron chi connectivity index (χ4n) is 4.90. The van der Waals surface area contributed by atoms with Crippen molar-refractivity contribution < 1.29 is 0 Å². The molecule has 142 valence electrons. The van der Waals surface area contributed by atoms with Crippen molar-refractivity contribution in [2.45, 2.75) is 41.5 Å². The number of piperidine rings is 1. The fraction of sp³-hybridized carbons (Fsp3) is 0.478. The number of rotatable bonds is 4. The molecular weight excluding hydrogens is 350 g/mol. The van der Waals surface area contributed by atoms with E-state index >= 15 is 0 Å². The number of piperazine rings is 1. The van der Waals surface area contributed by atoms with Crippen molar-refractivity contribution in [3.05, 3.63) is 48.5 Å². The van der Waals surface area contributed by atoms with Gasteiger partial charge in [-0.15, -0.1) is 0 Å². The van der Waals surface area contributed by atoms with Crippen LogP contribution in [0.2, 0.25) is 0 Å². The Kier molecular flexibility index (Phi) is 5.12. The molecule has 2 aromatic rings. The van der Waals surface area contributed by atoms with E-state index < -0.39 is 0 Å². The molecule has 0 aromatic heterocycles.